The lowest BCUT2D eigenvalue weighted by Crippen LogP contribution is -2.59. The summed E-state index contributed by atoms with van der Waals surface area (Å²) in [6.45, 7) is 11.2. The Kier molecular flexibility index (Phi) is 13.6. The molecule has 1 aromatic rings. The van der Waals surface area contributed by atoms with Crippen molar-refractivity contribution in [3.8, 4) is 0 Å². The summed E-state index contributed by atoms with van der Waals surface area (Å²) < 4.78 is 11.3. The molecule has 0 saturated carbocycles. The largest absolute Gasteiger partial charge is 0.445 e. The van der Waals surface area contributed by atoms with Crippen LogP contribution in [0.3, 0.4) is 0 Å². The van der Waals surface area contributed by atoms with Crippen LogP contribution in [0.25, 0.3) is 0 Å². The molecule has 0 unspecified atom stereocenters. The molecular weight excluding hydrogens is 584 g/mol. The van der Waals surface area contributed by atoms with Gasteiger partial charge in [0.25, 0.3) is 0 Å². The van der Waals surface area contributed by atoms with Crippen LogP contribution < -0.4 is 21.3 Å². The van der Waals surface area contributed by atoms with E-state index in [0.29, 0.717) is 23.6 Å². The fraction of sp³-hybridized carbons (Fsp3) is 0.621. The SMILES string of the molecule is CC(C)C[C@H](NC(=O)[C@@H](NC(=O)OCc1cccc(Cl)c1)[C@@H](C)OC(C)(C)C)C(=O)N[C@@H](C[C@@H]1CCNC1=O)C(=O)S. The van der Waals surface area contributed by atoms with E-state index >= 15 is 0 Å². The summed E-state index contributed by atoms with van der Waals surface area (Å²) >= 11 is 9.91. The number of hydrogen-bond donors (Lipinski definition) is 5. The molecule has 11 nitrogen and oxygen atoms in total. The molecule has 1 aliphatic heterocycles. The highest BCUT2D eigenvalue weighted by molar-refractivity contribution is 7.96. The zero-order chi connectivity index (χ0) is 31.6. The Balaban J connectivity index is 2.17. The van der Waals surface area contributed by atoms with Crippen LogP contribution in [0.1, 0.15) is 66.4 Å². The second-order valence-electron chi connectivity index (χ2n) is 11.9. The maximum absolute atomic E-state index is 13.6. The lowest BCUT2D eigenvalue weighted by Gasteiger charge is -2.32. The van der Waals surface area contributed by atoms with Gasteiger partial charge >= 0.3 is 6.09 Å². The van der Waals surface area contributed by atoms with Gasteiger partial charge in [-0.15, -0.1) is 12.6 Å². The standard InChI is InChI=1S/C29H43ClN4O7S/c1-16(2)12-21(25(36)33-22(27(38)42)14-19-10-11-31-24(19)35)32-26(37)23(17(3)41-29(4,5)6)34-28(39)40-15-18-8-7-9-20(30)13-18/h7-9,13,16-17,19,21-23H,10-12,14-15H2,1-6H3,(H,31,35)(H,32,37)(H,33,36)(H,34,39)(H,38,42)/t17-,19+,21+,22+,23+/m1/s1. The van der Waals surface area contributed by atoms with Gasteiger partial charge in [-0.1, -0.05) is 37.6 Å². The summed E-state index contributed by atoms with van der Waals surface area (Å²) in [7, 11) is 0. The molecule has 1 heterocycles. The Labute approximate surface area is 258 Å². The molecule has 4 N–H and O–H groups in total. The van der Waals surface area contributed by atoms with E-state index in [1.807, 2.05) is 34.6 Å². The molecule has 0 spiro atoms. The average molecular weight is 627 g/mol. The van der Waals surface area contributed by atoms with Crippen LogP contribution in [-0.2, 0) is 35.3 Å². The lowest BCUT2D eigenvalue weighted by molar-refractivity contribution is -0.136. The smallest absolute Gasteiger partial charge is 0.408 e. The second-order valence-corrected chi connectivity index (χ2v) is 12.7. The molecule has 1 aliphatic rings. The van der Waals surface area contributed by atoms with Gasteiger partial charge in [0.15, 0.2) is 0 Å². The van der Waals surface area contributed by atoms with Crippen molar-refractivity contribution in [2.45, 2.75) is 97.2 Å². The van der Waals surface area contributed by atoms with Crippen LogP contribution >= 0.6 is 24.2 Å². The first-order valence-corrected chi connectivity index (χ1v) is 14.8. The van der Waals surface area contributed by atoms with Gasteiger partial charge < -0.3 is 30.7 Å². The summed E-state index contributed by atoms with van der Waals surface area (Å²) in [5, 5.41) is 10.5. The first-order chi connectivity index (χ1) is 19.6. The van der Waals surface area contributed by atoms with Crippen molar-refractivity contribution in [2.75, 3.05) is 6.54 Å². The highest BCUT2D eigenvalue weighted by atomic mass is 35.5. The number of carbonyl (C=O) groups excluding carboxylic acids is 5. The minimum Gasteiger partial charge on any atom is -0.445 e. The number of benzene rings is 1. The zero-order valence-corrected chi connectivity index (χ0v) is 26.6. The molecule has 234 valence electrons. The van der Waals surface area contributed by atoms with Gasteiger partial charge in [-0.05, 0) is 70.6 Å². The molecule has 42 heavy (non-hydrogen) atoms. The fourth-order valence-corrected chi connectivity index (χ4v) is 4.96. The Morgan fingerprint density at radius 1 is 1.07 bits per heavy atom. The van der Waals surface area contributed by atoms with Gasteiger partial charge in [-0.3, -0.25) is 19.2 Å². The maximum atomic E-state index is 13.6. The van der Waals surface area contributed by atoms with Gasteiger partial charge in [0.2, 0.25) is 22.8 Å². The van der Waals surface area contributed by atoms with E-state index in [1.54, 1.807) is 31.2 Å². The predicted octanol–water partition coefficient (Wildman–Crippen LogP) is 3.14. The van der Waals surface area contributed by atoms with Crippen molar-refractivity contribution in [3.05, 3.63) is 34.9 Å². The van der Waals surface area contributed by atoms with Crippen LogP contribution in [-0.4, -0.2) is 65.3 Å². The summed E-state index contributed by atoms with van der Waals surface area (Å²) in [6, 6.07) is 3.54. The van der Waals surface area contributed by atoms with Crippen molar-refractivity contribution in [1.82, 2.24) is 21.3 Å². The second kappa shape index (κ2) is 16.1. The third-order valence-corrected chi connectivity index (χ3v) is 7.01. The van der Waals surface area contributed by atoms with Crippen molar-refractivity contribution in [1.29, 1.82) is 0 Å². The van der Waals surface area contributed by atoms with Crippen molar-refractivity contribution in [2.24, 2.45) is 11.8 Å². The zero-order valence-electron chi connectivity index (χ0n) is 25.0. The van der Waals surface area contributed by atoms with Crippen LogP contribution in [0.5, 0.6) is 0 Å². The van der Waals surface area contributed by atoms with Crippen LogP contribution in [0, 0.1) is 11.8 Å². The van der Waals surface area contributed by atoms with Crippen molar-refractivity contribution in [3.63, 3.8) is 0 Å². The van der Waals surface area contributed by atoms with E-state index in [1.165, 1.54) is 0 Å². The van der Waals surface area contributed by atoms with Gasteiger partial charge in [-0.2, -0.15) is 0 Å². The number of rotatable bonds is 14. The molecule has 4 amide bonds. The van der Waals surface area contributed by atoms with E-state index in [2.05, 4.69) is 33.9 Å². The molecule has 13 heteroatoms. The minimum atomic E-state index is -1.22. The number of nitrogens with one attached hydrogen (secondary N) is 4. The number of halogens is 1. The van der Waals surface area contributed by atoms with Gasteiger partial charge in [-0.25, -0.2) is 4.79 Å². The Morgan fingerprint density at radius 2 is 1.74 bits per heavy atom. The monoisotopic (exact) mass is 626 g/mol. The van der Waals surface area contributed by atoms with Gasteiger partial charge in [0.05, 0.1) is 17.7 Å². The van der Waals surface area contributed by atoms with Gasteiger partial charge in [0.1, 0.15) is 18.7 Å². The first-order valence-electron chi connectivity index (χ1n) is 14.0. The molecule has 0 aliphatic carbocycles. The molecule has 5 atom stereocenters. The number of carbonyl (C=O) groups is 5. The highest BCUT2D eigenvalue weighted by Gasteiger charge is 2.36. The van der Waals surface area contributed by atoms with E-state index in [9.17, 15) is 24.0 Å². The molecular formula is C29H43ClN4O7S. The van der Waals surface area contributed by atoms with E-state index < -0.39 is 58.8 Å². The Morgan fingerprint density at radius 3 is 2.29 bits per heavy atom. The highest BCUT2D eigenvalue weighted by Crippen LogP contribution is 2.19. The molecule has 1 saturated heterocycles. The number of alkyl carbamates (subject to hydrolysis) is 1. The number of ether oxygens (including phenoxy) is 2. The van der Waals surface area contributed by atoms with Crippen LogP contribution in [0.2, 0.25) is 5.02 Å². The quantitative estimate of drug-likeness (QED) is 0.199. The minimum absolute atomic E-state index is 0.0101. The molecule has 0 bridgehead atoms. The number of amides is 4. The van der Waals surface area contributed by atoms with Crippen molar-refractivity contribution < 1.29 is 33.4 Å². The summed E-state index contributed by atoms with van der Waals surface area (Å²) in [4.78, 5) is 63.9. The molecule has 1 aromatic carbocycles. The van der Waals surface area contributed by atoms with Crippen molar-refractivity contribution >= 4 is 53.2 Å². The van der Waals surface area contributed by atoms with Gasteiger partial charge in [0, 0.05) is 17.5 Å². The summed E-state index contributed by atoms with van der Waals surface area (Å²) in [5.74, 6) is -1.89. The van der Waals surface area contributed by atoms with Crippen LogP contribution in [0.15, 0.2) is 24.3 Å². The molecule has 2 rings (SSSR count). The van der Waals surface area contributed by atoms with E-state index in [4.69, 9.17) is 21.1 Å². The Hall–Kier alpha value is -2.83. The summed E-state index contributed by atoms with van der Waals surface area (Å²) in [5.41, 5.74) is 0.0146. The summed E-state index contributed by atoms with van der Waals surface area (Å²) in [6.07, 6.45) is -0.777. The third kappa shape index (κ3) is 12.2. The molecule has 0 radical (unpaired) electrons. The normalized spacial score (nSPS) is 17.9. The number of thiol groups is 1. The maximum Gasteiger partial charge on any atom is 0.408 e. The lowest BCUT2D eigenvalue weighted by atomic mass is 9.97. The average Bonchev–Trinajstić information content (AvgIpc) is 3.27. The fourth-order valence-electron chi connectivity index (χ4n) is 4.58. The van der Waals surface area contributed by atoms with E-state index in [-0.39, 0.29) is 31.3 Å². The molecule has 1 fully saturated rings. The number of hydrogen-bond acceptors (Lipinski definition) is 7. The Bertz CT molecular complexity index is 1130. The van der Waals surface area contributed by atoms with Crippen LogP contribution in [0.4, 0.5) is 4.79 Å². The first kappa shape index (κ1) is 35.4. The molecule has 0 aromatic heterocycles. The topological polar surface area (TPSA) is 152 Å². The predicted molar refractivity (Wildman–Crippen MR) is 162 cm³/mol. The third-order valence-electron chi connectivity index (χ3n) is 6.46. The van der Waals surface area contributed by atoms with E-state index in [0.717, 1.165) is 0 Å².